The number of likely N-dealkylation sites (N-methyl/N-ethyl adjacent to an activating group) is 1. The lowest BCUT2D eigenvalue weighted by molar-refractivity contribution is -0.870. The van der Waals surface area contributed by atoms with Crippen LogP contribution in [0.3, 0.4) is 0 Å². The van der Waals surface area contributed by atoms with Crippen LogP contribution in [0.1, 0.15) is 328 Å². The van der Waals surface area contributed by atoms with Gasteiger partial charge >= 0.3 is 11.9 Å². The Morgan fingerprint density at radius 2 is 0.747 bits per heavy atom. The van der Waals surface area contributed by atoms with E-state index in [-0.39, 0.29) is 32.0 Å². The first-order valence-electron chi connectivity index (χ1n) is 32.5. The molecule has 0 saturated heterocycles. The Kier molecular flexibility index (Phi) is 56.0. The van der Waals surface area contributed by atoms with Gasteiger partial charge in [-0.25, -0.2) is 0 Å². The summed E-state index contributed by atoms with van der Waals surface area (Å²) in [5.74, 6) is -0.836. The van der Waals surface area contributed by atoms with Crippen LogP contribution in [0.25, 0.3) is 0 Å². The highest BCUT2D eigenvalue weighted by Crippen LogP contribution is 2.38. The maximum absolute atomic E-state index is 12.7. The van der Waals surface area contributed by atoms with Gasteiger partial charge in [0.25, 0.3) is 7.82 Å². The highest BCUT2D eigenvalue weighted by molar-refractivity contribution is 7.45. The second-order valence-electron chi connectivity index (χ2n) is 23.5. The van der Waals surface area contributed by atoms with Gasteiger partial charge in [0.2, 0.25) is 0 Å². The number of carbonyl (C=O) groups excluding carboxylic acids is 2. The Morgan fingerprint density at radius 1 is 0.413 bits per heavy atom. The first-order chi connectivity index (χ1) is 36.5. The van der Waals surface area contributed by atoms with Crippen LogP contribution in [-0.4, -0.2) is 70.0 Å². The van der Waals surface area contributed by atoms with Crippen molar-refractivity contribution in [3.8, 4) is 0 Å². The summed E-state index contributed by atoms with van der Waals surface area (Å²) in [4.78, 5) is 37.8. The van der Waals surface area contributed by atoms with Gasteiger partial charge in [0, 0.05) is 12.8 Å². The molecule has 0 saturated carbocycles. The fourth-order valence-electron chi connectivity index (χ4n) is 9.70. The van der Waals surface area contributed by atoms with Gasteiger partial charge in [-0.05, 0) is 38.5 Å². The minimum atomic E-state index is -4.63. The van der Waals surface area contributed by atoms with Gasteiger partial charge in [-0.1, -0.05) is 301 Å². The molecule has 10 heteroatoms. The van der Waals surface area contributed by atoms with E-state index in [4.69, 9.17) is 18.5 Å². The zero-order valence-corrected chi connectivity index (χ0v) is 51.4. The first kappa shape index (κ1) is 73.5. The van der Waals surface area contributed by atoms with Gasteiger partial charge in [-0.15, -0.1) is 0 Å². The van der Waals surface area contributed by atoms with E-state index in [0.717, 1.165) is 64.2 Å². The van der Waals surface area contributed by atoms with E-state index in [0.29, 0.717) is 17.4 Å². The third-order valence-electron chi connectivity index (χ3n) is 14.7. The van der Waals surface area contributed by atoms with Crippen molar-refractivity contribution in [3.05, 3.63) is 24.3 Å². The number of carbonyl (C=O) groups is 2. The minimum absolute atomic E-state index is 0.0316. The highest BCUT2D eigenvalue weighted by Gasteiger charge is 2.22. The number of rotatable bonds is 61. The molecular weight excluding hydrogens is 954 g/mol. The van der Waals surface area contributed by atoms with Crippen LogP contribution in [0.2, 0.25) is 0 Å². The topological polar surface area (TPSA) is 111 Å². The number of phosphoric acid groups is 1. The Hall–Kier alpha value is -1.51. The number of esters is 2. The zero-order valence-electron chi connectivity index (χ0n) is 50.5. The quantitative estimate of drug-likeness (QED) is 0.0195. The van der Waals surface area contributed by atoms with E-state index in [2.05, 4.69) is 38.2 Å². The standard InChI is InChI=1S/C65H126NO8P/c1-6-8-10-12-14-16-18-20-21-22-23-24-25-26-27-28-29-30-31-32-33-34-35-36-37-38-39-40-41-42-43-44-46-47-49-51-53-55-57-64(67)71-61-63(62-73-75(69,70)72-60-59-66(3,4)5)74-65(68)58-56-54-52-50-48-45-19-17-15-13-11-9-7-2/h11,13,17,19,63H,6-10,12,14-16,18,20-62H2,1-5H3/b13-11-,19-17-. The van der Waals surface area contributed by atoms with E-state index < -0.39 is 26.5 Å². The first-order valence-corrected chi connectivity index (χ1v) is 34.0. The Morgan fingerprint density at radius 3 is 1.11 bits per heavy atom. The van der Waals surface area contributed by atoms with Gasteiger partial charge in [-0.2, -0.15) is 0 Å². The van der Waals surface area contributed by atoms with Gasteiger partial charge < -0.3 is 27.9 Å². The Balaban J connectivity index is 3.82. The monoisotopic (exact) mass is 1080 g/mol. The van der Waals surface area contributed by atoms with Crippen LogP contribution in [0.15, 0.2) is 24.3 Å². The maximum Gasteiger partial charge on any atom is 0.306 e. The molecule has 0 aromatic rings. The largest absolute Gasteiger partial charge is 0.756 e. The van der Waals surface area contributed by atoms with Crippen molar-refractivity contribution in [1.29, 1.82) is 0 Å². The molecule has 0 radical (unpaired) electrons. The lowest BCUT2D eigenvalue weighted by Gasteiger charge is -2.28. The average Bonchev–Trinajstić information content (AvgIpc) is 3.37. The fraction of sp³-hybridized carbons (Fsp3) is 0.908. The summed E-state index contributed by atoms with van der Waals surface area (Å²) in [5.41, 5.74) is 0. The van der Waals surface area contributed by atoms with Crippen LogP contribution in [0.5, 0.6) is 0 Å². The average molecular weight is 1080 g/mol. The third kappa shape index (κ3) is 61.6. The van der Waals surface area contributed by atoms with Gasteiger partial charge in [0.15, 0.2) is 6.10 Å². The van der Waals surface area contributed by atoms with E-state index in [1.165, 1.54) is 231 Å². The molecule has 0 aliphatic rings. The fourth-order valence-corrected chi connectivity index (χ4v) is 10.4. The molecule has 0 aliphatic heterocycles. The number of hydrogen-bond donors (Lipinski definition) is 0. The second-order valence-corrected chi connectivity index (χ2v) is 24.9. The number of ether oxygens (including phenoxy) is 2. The minimum Gasteiger partial charge on any atom is -0.756 e. The van der Waals surface area contributed by atoms with Crippen LogP contribution >= 0.6 is 7.82 Å². The van der Waals surface area contributed by atoms with Crippen molar-refractivity contribution in [2.24, 2.45) is 0 Å². The van der Waals surface area contributed by atoms with Crippen LogP contribution in [0, 0.1) is 0 Å². The molecule has 2 atom stereocenters. The lowest BCUT2D eigenvalue weighted by Crippen LogP contribution is -2.37. The van der Waals surface area contributed by atoms with Crippen molar-refractivity contribution in [3.63, 3.8) is 0 Å². The number of quaternary nitrogens is 1. The predicted molar refractivity (Wildman–Crippen MR) is 319 cm³/mol. The molecule has 2 unspecified atom stereocenters. The molecule has 0 aromatic carbocycles. The van der Waals surface area contributed by atoms with Gasteiger partial charge in [0.05, 0.1) is 27.7 Å². The summed E-state index contributed by atoms with van der Waals surface area (Å²) in [6.45, 7) is 4.20. The van der Waals surface area contributed by atoms with E-state index in [1.54, 1.807) is 0 Å². The van der Waals surface area contributed by atoms with Crippen molar-refractivity contribution >= 4 is 19.8 Å². The highest BCUT2D eigenvalue weighted by atomic mass is 31.2. The number of unbranched alkanes of at least 4 members (excludes halogenated alkanes) is 43. The summed E-state index contributed by atoms with van der Waals surface area (Å²) in [6.07, 6.45) is 70.0. The van der Waals surface area contributed by atoms with Crippen molar-refractivity contribution in [1.82, 2.24) is 0 Å². The summed E-state index contributed by atoms with van der Waals surface area (Å²) in [6, 6.07) is 0. The summed E-state index contributed by atoms with van der Waals surface area (Å²) < 4.78 is 34.1. The van der Waals surface area contributed by atoms with Crippen molar-refractivity contribution in [2.45, 2.75) is 335 Å². The van der Waals surface area contributed by atoms with Crippen LogP contribution < -0.4 is 4.89 Å². The molecule has 0 aromatic heterocycles. The molecule has 0 spiro atoms. The molecule has 0 bridgehead atoms. The SMILES string of the molecule is CCC/C=C\C/C=C\CCCCCCCC(=O)OC(COC(=O)CCCCCCCCCCCCCCCCCCCCCCCCCCCCCCCCCCCCCCCC)COP(=O)([O-])OCC[N+](C)(C)C. The van der Waals surface area contributed by atoms with Gasteiger partial charge in [0.1, 0.15) is 19.8 Å². The van der Waals surface area contributed by atoms with Crippen molar-refractivity contribution < 1.29 is 42.1 Å². The molecule has 0 fully saturated rings. The van der Waals surface area contributed by atoms with E-state index in [1.807, 2.05) is 21.1 Å². The number of nitrogens with zero attached hydrogens (tertiary/aromatic N) is 1. The number of allylic oxidation sites excluding steroid dienone is 4. The summed E-state index contributed by atoms with van der Waals surface area (Å²) >= 11 is 0. The molecule has 0 N–H and O–H groups in total. The molecule has 0 amide bonds. The van der Waals surface area contributed by atoms with Crippen LogP contribution in [-0.2, 0) is 32.7 Å². The summed E-state index contributed by atoms with van der Waals surface area (Å²) in [5, 5.41) is 0. The molecule has 0 rings (SSSR count). The molecule has 0 aliphatic carbocycles. The normalized spacial score (nSPS) is 13.3. The molecule has 75 heavy (non-hydrogen) atoms. The summed E-state index contributed by atoms with van der Waals surface area (Å²) in [7, 11) is 1.17. The Labute approximate surface area is 466 Å². The zero-order chi connectivity index (χ0) is 54.9. The van der Waals surface area contributed by atoms with Crippen LogP contribution in [0.4, 0.5) is 0 Å². The van der Waals surface area contributed by atoms with E-state index in [9.17, 15) is 19.0 Å². The van der Waals surface area contributed by atoms with Gasteiger partial charge in [-0.3, -0.25) is 14.2 Å². The smallest absolute Gasteiger partial charge is 0.306 e. The maximum atomic E-state index is 12.7. The van der Waals surface area contributed by atoms with Crippen molar-refractivity contribution in [2.75, 3.05) is 47.5 Å². The molecule has 0 heterocycles. The lowest BCUT2D eigenvalue weighted by atomic mass is 10.0. The Bertz CT molecular complexity index is 1320. The molecular formula is C65H126NO8P. The third-order valence-corrected chi connectivity index (χ3v) is 15.7. The predicted octanol–water partition coefficient (Wildman–Crippen LogP) is 19.9. The molecule has 9 nitrogen and oxygen atoms in total. The van der Waals surface area contributed by atoms with E-state index >= 15 is 0 Å². The second kappa shape index (κ2) is 57.2. The number of hydrogen-bond acceptors (Lipinski definition) is 8. The molecule has 444 valence electrons. The number of phosphoric ester groups is 1.